The average Bonchev–Trinajstić information content (AvgIpc) is 2.67. The Bertz CT molecular complexity index is 451. The summed E-state index contributed by atoms with van der Waals surface area (Å²) in [6.07, 6.45) is 0.699. The van der Waals surface area contributed by atoms with Crippen molar-refractivity contribution >= 4 is 17.6 Å². The molecule has 0 aromatic carbocycles. The first-order valence-corrected chi connectivity index (χ1v) is 5.90. The van der Waals surface area contributed by atoms with Crippen molar-refractivity contribution < 1.29 is 9.13 Å². The second-order valence-corrected chi connectivity index (χ2v) is 4.70. The Balaban J connectivity index is 2.35. The van der Waals surface area contributed by atoms with E-state index in [1.807, 2.05) is 6.92 Å². The molecule has 1 aromatic heterocycles. The predicted molar refractivity (Wildman–Crippen MR) is 60.0 cm³/mol. The Hall–Kier alpha value is -1.08. The molecule has 1 fully saturated rings. The highest BCUT2D eigenvalue weighted by Crippen LogP contribution is 2.30. The zero-order valence-corrected chi connectivity index (χ0v) is 9.75. The van der Waals surface area contributed by atoms with Crippen molar-refractivity contribution in [2.45, 2.75) is 18.6 Å². The first kappa shape index (κ1) is 11.4. The fourth-order valence-corrected chi connectivity index (χ4v) is 2.37. The van der Waals surface area contributed by atoms with Gasteiger partial charge in [-0.2, -0.15) is 4.98 Å². The minimum Gasteiger partial charge on any atom is -0.370 e. The van der Waals surface area contributed by atoms with Crippen LogP contribution in [0.25, 0.3) is 0 Å². The van der Waals surface area contributed by atoms with Crippen LogP contribution in [0.2, 0.25) is 0 Å². The van der Waals surface area contributed by atoms with Crippen molar-refractivity contribution in [1.29, 1.82) is 0 Å². The second kappa shape index (κ2) is 4.42. The van der Waals surface area contributed by atoms with Crippen LogP contribution in [-0.2, 0) is 4.74 Å². The van der Waals surface area contributed by atoms with Gasteiger partial charge in [0.25, 0.3) is 0 Å². The largest absolute Gasteiger partial charge is 0.370 e. The van der Waals surface area contributed by atoms with E-state index in [9.17, 15) is 9.18 Å². The standard InChI is InChI=1S/C9H12FN3O2S/c1-5-15-7(4-16-5)13-3-6(10)8(11-2)12-9(13)14/h3,5,7H,4H2,1-2H3,(H,11,12,14)/t5-,7+/m1/s1. The quantitative estimate of drug-likeness (QED) is 0.843. The molecule has 1 aliphatic heterocycles. The molecule has 7 heteroatoms. The number of hydrogen-bond donors (Lipinski definition) is 1. The molecule has 2 rings (SSSR count). The SMILES string of the molecule is CNc1nc(=O)n([C@@H]2CS[C@H](C)O2)cc1F. The van der Waals surface area contributed by atoms with Crippen molar-refractivity contribution in [1.82, 2.24) is 9.55 Å². The van der Waals surface area contributed by atoms with Crippen molar-refractivity contribution in [2.24, 2.45) is 0 Å². The Kier molecular flexibility index (Phi) is 3.15. The van der Waals surface area contributed by atoms with Crippen molar-refractivity contribution in [2.75, 3.05) is 18.1 Å². The first-order valence-electron chi connectivity index (χ1n) is 4.85. The molecule has 1 aliphatic rings. The fourth-order valence-electron chi connectivity index (χ4n) is 1.49. The van der Waals surface area contributed by atoms with Gasteiger partial charge in [0.05, 0.1) is 6.20 Å². The molecule has 0 amide bonds. The van der Waals surface area contributed by atoms with E-state index in [2.05, 4.69) is 10.3 Å². The minimum atomic E-state index is -0.560. The summed E-state index contributed by atoms with van der Waals surface area (Å²) < 4.78 is 20.1. The molecule has 2 heterocycles. The smallest absolute Gasteiger partial charge is 0.351 e. The molecule has 0 radical (unpaired) electrons. The summed E-state index contributed by atoms with van der Waals surface area (Å²) in [5.74, 6) is 0.0244. The molecule has 0 bridgehead atoms. The van der Waals surface area contributed by atoms with Gasteiger partial charge in [0.1, 0.15) is 11.7 Å². The van der Waals surface area contributed by atoms with Crippen LogP contribution in [0.3, 0.4) is 0 Å². The zero-order chi connectivity index (χ0) is 11.7. The number of ether oxygens (including phenoxy) is 1. The van der Waals surface area contributed by atoms with Crippen LogP contribution < -0.4 is 11.0 Å². The van der Waals surface area contributed by atoms with E-state index in [1.165, 1.54) is 11.6 Å². The summed E-state index contributed by atoms with van der Waals surface area (Å²) >= 11 is 1.58. The molecule has 16 heavy (non-hydrogen) atoms. The summed E-state index contributed by atoms with van der Waals surface area (Å²) in [4.78, 5) is 15.2. The molecule has 88 valence electrons. The summed E-state index contributed by atoms with van der Waals surface area (Å²) in [5, 5.41) is 2.52. The van der Waals surface area contributed by atoms with E-state index in [0.29, 0.717) is 5.75 Å². The van der Waals surface area contributed by atoms with Gasteiger partial charge in [-0.15, -0.1) is 11.8 Å². The molecule has 1 aromatic rings. The van der Waals surface area contributed by atoms with E-state index in [0.717, 1.165) is 6.20 Å². The van der Waals surface area contributed by atoms with Gasteiger partial charge >= 0.3 is 5.69 Å². The number of halogens is 1. The molecule has 5 nitrogen and oxygen atoms in total. The van der Waals surface area contributed by atoms with Crippen LogP contribution >= 0.6 is 11.8 Å². The van der Waals surface area contributed by atoms with E-state index in [-0.39, 0.29) is 11.3 Å². The van der Waals surface area contributed by atoms with Crippen molar-refractivity contribution in [3.05, 3.63) is 22.5 Å². The highest BCUT2D eigenvalue weighted by atomic mass is 32.2. The lowest BCUT2D eigenvalue weighted by Crippen LogP contribution is -2.29. The van der Waals surface area contributed by atoms with Gasteiger partial charge in [-0.3, -0.25) is 4.57 Å². The third-order valence-electron chi connectivity index (χ3n) is 2.28. The lowest BCUT2D eigenvalue weighted by molar-refractivity contribution is 0.0230. The fraction of sp³-hybridized carbons (Fsp3) is 0.556. The van der Waals surface area contributed by atoms with Crippen LogP contribution in [0, 0.1) is 5.82 Å². The monoisotopic (exact) mass is 245 g/mol. The number of aromatic nitrogens is 2. The maximum Gasteiger partial charge on any atom is 0.351 e. The number of thioether (sulfide) groups is 1. The van der Waals surface area contributed by atoms with Gasteiger partial charge < -0.3 is 10.1 Å². The Morgan fingerprint density at radius 2 is 2.50 bits per heavy atom. The molecule has 1 saturated heterocycles. The number of rotatable bonds is 2. The van der Waals surface area contributed by atoms with Gasteiger partial charge in [-0.1, -0.05) is 0 Å². The van der Waals surface area contributed by atoms with Crippen molar-refractivity contribution in [3.63, 3.8) is 0 Å². The van der Waals surface area contributed by atoms with E-state index in [4.69, 9.17) is 4.74 Å². The highest BCUT2D eigenvalue weighted by Gasteiger charge is 2.25. The van der Waals surface area contributed by atoms with E-state index in [1.54, 1.807) is 11.8 Å². The van der Waals surface area contributed by atoms with Crippen LogP contribution in [0.15, 0.2) is 11.0 Å². The highest BCUT2D eigenvalue weighted by molar-refractivity contribution is 7.99. The normalized spacial score (nSPS) is 24.7. The third-order valence-corrected chi connectivity index (χ3v) is 3.33. The summed E-state index contributed by atoms with van der Waals surface area (Å²) in [7, 11) is 1.51. The van der Waals surface area contributed by atoms with Gasteiger partial charge in [-0.05, 0) is 6.92 Å². The molecule has 0 aliphatic carbocycles. The lowest BCUT2D eigenvalue weighted by atomic mass is 10.5. The number of nitrogens with zero attached hydrogens (tertiary/aromatic N) is 2. The van der Waals surface area contributed by atoms with Gasteiger partial charge in [0, 0.05) is 12.8 Å². The number of anilines is 1. The Labute approximate surface area is 96.0 Å². The Morgan fingerprint density at radius 1 is 1.75 bits per heavy atom. The maximum atomic E-state index is 13.4. The van der Waals surface area contributed by atoms with Gasteiger partial charge in [-0.25, -0.2) is 9.18 Å². The summed E-state index contributed by atoms with van der Waals surface area (Å²) in [6, 6.07) is 0. The van der Waals surface area contributed by atoms with Gasteiger partial charge in [0.2, 0.25) is 0 Å². The topological polar surface area (TPSA) is 56.2 Å². The van der Waals surface area contributed by atoms with Crippen LogP contribution in [-0.4, -0.2) is 27.8 Å². The molecule has 0 saturated carbocycles. The molecule has 2 atom stereocenters. The number of nitrogens with one attached hydrogen (secondary N) is 1. The van der Waals surface area contributed by atoms with Crippen LogP contribution in [0.4, 0.5) is 10.2 Å². The molecule has 0 spiro atoms. The van der Waals surface area contributed by atoms with Crippen LogP contribution in [0.1, 0.15) is 13.2 Å². The summed E-state index contributed by atoms with van der Waals surface area (Å²) in [6.45, 7) is 1.89. The van der Waals surface area contributed by atoms with E-state index < -0.39 is 17.7 Å². The molecule has 1 N–H and O–H groups in total. The predicted octanol–water partition coefficient (Wildman–Crippen LogP) is 1.03. The lowest BCUT2D eigenvalue weighted by Gasteiger charge is -2.13. The maximum absolute atomic E-state index is 13.4. The summed E-state index contributed by atoms with van der Waals surface area (Å²) in [5.41, 5.74) is -0.491. The minimum absolute atomic E-state index is 0.0175. The number of hydrogen-bond acceptors (Lipinski definition) is 5. The molecular formula is C9H12FN3O2S. The van der Waals surface area contributed by atoms with Gasteiger partial charge in [0.15, 0.2) is 11.6 Å². The van der Waals surface area contributed by atoms with E-state index >= 15 is 0 Å². The third kappa shape index (κ3) is 2.05. The second-order valence-electron chi connectivity index (χ2n) is 3.37. The average molecular weight is 245 g/mol. The zero-order valence-electron chi connectivity index (χ0n) is 8.94. The van der Waals surface area contributed by atoms with Crippen molar-refractivity contribution in [3.8, 4) is 0 Å². The first-order chi connectivity index (χ1) is 7.61. The Morgan fingerprint density at radius 3 is 3.06 bits per heavy atom. The molecule has 0 unspecified atom stereocenters. The molecular weight excluding hydrogens is 233 g/mol. The van der Waals surface area contributed by atoms with Crippen LogP contribution in [0.5, 0.6) is 0 Å².